The van der Waals surface area contributed by atoms with Gasteiger partial charge in [0.05, 0.1) is 13.2 Å². The zero-order valence-electron chi connectivity index (χ0n) is 28.9. The van der Waals surface area contributed by atoms with Crippen molar-refractivity contribution in [3.63, 3.8) is 0 Å². The molecule has 5 nitrogen and oxygen atoms in total. The molecule has 0 heterocycles. The Hall–Kier alpha value is 0.0700. The Morgan fingerprint density at radius 3 is 0.976 bits per heavy atom. The third kappa shape index (κ3) is 33.0. The highest BCUT2D eigenvalue weighted by atomic mass is 31.2. The summed E-state index contributed by atoms with van der Waals surface area (Å²) in [5.74, 6) is 0. The zero-order chi connectivity index (χ0) is 30.8. The summed E-state index contributed by atoms with van der Waals surface area (Å²) >= 11 is 0. The van der Waals surface area contributed by atoms with E-state index in [1.165, 1.54) is 167 Å². The van der Waals surface area contributed by atoms with Gasteiger partial charge in [-0.15, -0.1) is 0 Å². The van der Waals surface area contributed by atoms with Gasteiger partial charge in [-0.3, -0.25) is 9.05 Å². The number of rotatable bonds is 36. The van der Waals surface area contributed by atoms with Crippen molar-refractivity contribution in [3.8, 4) is 0 Å². The van der Waals surface area contributed by atoms with E-state index in [2.05, 4.69) is 25.7 Å². The third-order valence-electron chi connectivity index (χ3n) is 8.53. The van der Waals surface area contributed by atoms with Crippen molar-refractivity contribution in [2.24, 2.45) is 0 Å². The Morgan fingerprint density at radius 1 is 0.405 bits per heavy atom. The fourth-order valence-electron chi connectivity index (χ4n) is 5.70. The van der Waals surface area contributed by atoms with Crippen LogP contribution < -0.4 is 0 Å². The number of phosphoric ester groups is 1. The summed E-state index contributed by atoms with van der Waals surface area (Å²) in [6, 6.07) is 0. The molecule has 0 aliphatic carbocycles. The second kappa shape index (κ2) is 34.0. The van der Waals surface area contributed by atoms with Crippen molar-refractivity contribution in [3.05, 3.63) is 0 Å². The second-order valence-corrected chi connectivity index (χ2v) is 14.3. The molecule has 6 heteroatoms. The van der Waals surface area contributed by atoms with Crippen LogP contribution in [-0.4, -0.2) is 42.6 Å². The molecule has 254 valence electrons. The molecule has 0 aromatic carbocycles. The zero-order valence-corrected chi connectivity index (χ0v) is 29.8. The van der Waals surface area contributed by atoms with Gasteiger partial charge in [-0.1, -0.05) is 168 Å². The molecule has 0 aliphatic heterocycles. The molecule has 0 saturated carbocycles. The van der Waals surface area contributed by atoms with Crippen molar-refractivity contribution < 1.29 is 18.5 Å². The predicted molar refractivity (Wildman–Crippen MR) is 184 cm³/mol. The Kier molecular flexibility index (Phi) is 34.0. The highest BCUT2D eigenvalue weighted by molar-refractivity contribution is 7.47. The maximum Gasteiger partial charge on any atom is 0.472 e. The first-order valence-corrected chi connectivity index (χ1v) is 20.4. The number of nitrogens with zero attached hydrogens (tertiary/aromatic N) is 1. The van der Waals surface area contributed by atoms with Crippen molar-refractivity contribution in [2.75, 3.05) is 32.8 Å². The van der Waals surface area contributed by atoms with Gasteiger partial charge in [0, 0.05) is 0 Å². The minimum Gasteiger partial charge on any atom is -0.303 e. The molecule has 0 bridgehead atoms. The van der Waals surface area contributed by atoms with Crippen LogP contribution in [0.1, 0.15) is 201 Å². The summed E-state index contributed by atoms with van der Waals surface area (Å²) in [6.45, 7) is 10.9. The van der Waals surface area contributed by atoms with E-state index in [1.54, 1.807) is 0 Å². The molecule has 0 aromatic heterocycles. The number of phosphoric acid groups is 1. The minimum absolute atomic E-state index is 0.301. The normalized spacial score (nSPS) is 13.3. The summed E-state index contributed by atoms with van der Waals surface area (Å²) in [6.07, 6.45) is 36.0. The lowest BCUT2D eigenvalue weighted by Gasteiger charge is -2.22. The van der Waals surface area contributed by atoms with Crippen LogP contribution in [-0.2, 0) is 13.6 Å². The molecule has 0 rings (SSSR count). The van der Waals surface area contributed by atoms with E-state index in [-0.39, 0.29) is 0 Å². The largest absolute Gasteiger partial charge is 0.472 e. The number of hydrogen-bond donors (Lipinski definition) is 1. The summed E-state index contributed by atoms with van der Waals surface area (Å²) in [5, 5.41) is 0. The maximum atomic E-state index is 12.2. The molecule has 0 amide bonds. The van der Waals surface area contributed by atoms with Crippen LogP contribution in [0.25, 0.3) is 0 Å². The molecule has 0 radical (unpaired) electrons. The van der Waals surface area contributed by atoms with Crippen molar-refractivity contribution in [1.29, 1.82) is 0 Å². The van der Waals surface area contributed by atoms with E-state index >= 15 is 0 Å². The standard InChI is InChI=1S/C36H76NO4P/c1-4-7-10-13-16-19-21-24-27-32-37(33-28-25-22-20-17-14-11-8-5-2)34-29-31-36-41-42(38,39)40-35-30-26-23-18-15-12-9-6-3/h4-36H2,1-3H3,(H,38,39). The minimum atomic E-state index is -3.92. The predicted octanol–water partition coefficient (Wildman–Crippen LogP) is 12.4. The lowest BCUT2D eigenvalue weighted by Crippen LogP contribution is -2.27. The van der Waals surface area contributed by atoms with Gasteiger partial charge in [-0.2, -0.15) is 0 Å². The van der Waals surface area contributed by atoms with Crippen molar-refractivity contribution in [2.45, 2.75) is 201 Å². The summed E-state index contributed by atoms with van der Waals surface area (Å²) in [7, 11) is -3.92. The lowest BCUT2D eigenvalue weighted by molar-refractivity contribution is 0.143. The first-order valence-electron chi connectivity index (χ1n) is 18.9. The first-order chi connectivity index (χ1) is 20.6. The number of unbranched alkanes of at least 4 members (excludes halogenated alkanes) is 24. The monoisotopic (exact) mass is 618 g/mol. The van der Waals surface area contributed by atoms with Crippen molar-refractivity contribution in [1.82, 2.24) is 4.90 Å². The van der Waals surface area contributed by atoms with Gasteiger partial charge in [0.1, 0.15) is 0 Å². The van der Waals surface area contributed by atoms with Crippen LogP contribution in [0.15, 0.2) is 0 Å². The highest BCUT2D eigenvalue weighted by Crippen LogP contribution is 2.43. The van der Waals surface area contributed by atoms with Crippen LogP contribution in [0.5, 0.6) is 0 Å². The maximum absolute atomic E-state index is 12.2. The van der Waals surface area contributed by atoms with E-state index < -0.39 is 7.82 Å². The van der Waals surface area contributed by atoms with E-state index in [9.17, 15) is 9.46 Å². The summed E-state index contributed by atoms with van der Waals surface area (Å²) in [4.78, 5) is 12.7. The Bertz CT molecular complexity index is 541. The van der Waals surface area contributed by atoms with Gasteiger partial charge >= 0.3 is 7.82 Å². The molecule has 0 fully saturated rings. The van der Waals surface area contributed by atoms with Gasteiger partial charge in [0.15, 0.2) is 0 Å². The molecular formula is C36H76NO4P. The van der Waals surface area contributed by atoms with Crippen LogP contribution in [0, 0.1) is 0 Å². The van der Waals surface area contributed by atoms with Crippen LogP contribution in [0.2, 0.25) is 0 Å². The SMILES string of the molecule is CCCCCCCCCCCN(CCCCCCCCCCC)CCCCOP(=O)(O)OCCCCCCCCCC. The van der Waals surface area contributed by atoms with Crippen LogP contribution in [0.3, 0.4) is 0 Å². The van der Waals surface area contributed by atoms with Gasteiger partial charge in [-0.05, 0) is 51.7 Å². The van der Waals surface area contributed by atoms with Crippen LogP contribution >= 0.6 is 7.82 Å². The topological polar surface area (TPSA) is 59.0 Å². The quantitative estimate of drug-likeness (QED) is 0.0560. The van der Waals surface area contributed by atoms with Gasteiger partial charge in [0.2, 0.25) is 0 Å². The van der Waals surface area contributed by atoms with E-state index in [0.29, 0.717) is 13.2 Å². The highest BCUT2D eigenvalue weighted by Gasteiger charge is 2.20. The Morgan fingerprint density at radius 2 is 0.643 bits per heavy atom. The van der Waals surface area contributed by atoms with Gasteiger partial charge in [-0.25, -0.2) is 4.57 Å². The van der Waals surface area contributed by atoms with Gasteiger partial charge in [0.25, 0.3) is 0 Å². The molecule has 0 aliphatic rings. The average Bonchev–Trinajstić information content (AvgIpc) is 2.97. The van der Waals surface area contributed by atoms with Gasteiger partial charge < -0.3 is 9.79 Å². The smallest absolute Gasteiger partial charge is 0.303 e. The second-order valence-electron chi connectivity index (χ2n) is 12.8. The molecule has 1 unspecified atom stereocenters. The molecule has 0 saturated heterocycles. The Labute approximate surface area is 264 Å². The fraction of sp³-hybridized carbons (Fsp3) is 1.00. The first kappa shape index (κ1) is 42.1. The lowest BCUT2D eigenvalue weighted by atomic mass is 10.1. The molecule has 0 spiro atoms. The Balaban J connectivity index is 4.07. The molecule has 1 N–H and O–H groups in total. The van der Waals surface area contributed by atoms with Crippen molar-refractivity contribution >= 4 is 7.82 Å². The summed E-state index contributed by atoms with van der Waals surface area (Å²) in [5.41, 5.74) is 0. The van der Waals surface area contributed by atoms with E-state index in [1.807, 2.05) is 0 Å². The van der Waals surface area contributed by atoms with E-state index in [0.717, 1.165) is 32.2 Å². The fourth-order valence-corrected chi connectivity index (χ4v) is 6.49. The van der Waals surface area contributed by atoms with Crippen LogP contribution in [0.4, 0.5) is 0 Å². The molecule has 0 aromatic rings. The molecule has 42 heavy (non-hydrogen) atoms. The number of hydrogen-bond acceptors (Lipinski definition) is 4. The molecular weight excluding hydrogens is 541 g/mol. The summed E-state index contributed by atoms with van der Waals surface area (Å²) < 4.78 is 22.7. The average molecular weight is 618 g/mol. The van der Waals surface area contributed by atoms with E-state index in [4.69, 9.17) is 9.05 Å². The third-order valence-corrected chi connectivity index (χ3v) is 9.55. The molecule has 1 atom stereocenters.